The van der Waals surface area contributed by atoms with Crippen molar-refractivity contribution >= 4 is 5.97 Å². The topological polar surface area (TPSA) is 139 Å². The molecule has 0 aliphatic rings. The van der Waals surface area contributed by atoms with E-state index in [0.717, 1.165) is 25.8 Å². The maximum Gasteiger partial charge on any atom is 0.305 e. The standard InChI is InChI=1S/C21H43NO2.C4H11NO.HNO3/c1-2-3-4-5-6-7-8-9-10-11-12-13-14-15-16-18-21(23)24-20-17-19-22;1-5(2)3-4-6;2-1(3)4/h2-20,22H2,1H3;6H,3-4H2,1-2H3;(H,2,3,4). The summed E-state index contributed by atoms with van der Waals surface area (Å²) in [4.78, 5) is 21.7. The van der Waals surface area contributed by atoms with Crippen molar-refractivity contribution in [2.75, 3.05) is 40.4 Å². The third kappa shape index (κ3) is 48.1. The highest BCUT2D eigenvalue weighted by Gasteiger charge is 2.01. The van der Waals surface area contributed by atoms with Gasteiger partial charge < -0.3 is 25.7 Å². The lowest BCUT2D eigenvalue weighted by atomic mass is 10.0. The number of esters is 1. The molecular formula is C25H55N3O6. The molecule has 4 N–H and O–H groups in total. The molecule has 0 saturated carbocycles. The Kier molecular flexibility index (Phi) is 36.8. The molecule has 0 rings (SSSR count). The van der Waals surface area contributed by atoms with E-state index in [4.69, 9.17) is 30.9 Å². The minimum atomic E-state index is -1.50. The number of aliphatic hydroxyl groups excluding tert-OH is 1. The van der Waals surface area contributed by atoms with Crippen molar-refractivity contribution in [3.63, 3.8) is 0 Å². The van der Waals surface area contributed by atoms with Gasteiger partial charge in [-0.2, -0.15) is 0 Å². The fourth-order valence-electron chi connectivity index (χ4n) is 3.18. The average Bonchev–Trinajstić information content (AvgIpc) is 2.76. The number of aliphatic hydroxyl groups is 1. The van der Waals surface area contributed by atoms with Crippen molar-refractivity contribution in [1.82, 2.24) is 4.90 Å². The number of nitrogens with two attached hydrogens (primary N) is 1. The Labute approximate surface area is 208 Å². The maximum atomic E-state index is 11.4. The summed E-state index contributed by atoms with van der Waals surface area (Å²) < 4.78 is 5.08. The lowest BCUT2D eigenvalue weighted by molar-refractivity contribution is -0.742. The summed E-state index contributed by atoms with van der Waals surface area (Å²) in [6, 6.07) is 0. The summed E-state index contributed by atoms with van der Waals surface area (Å²) in [5.74, 6) is -0.0573. The van der Waals surface area contributed by atoms with E-state index in [0.29, 0.717) is 19.6 Å². The van der Waals surface area contributed by atoms with Crippen LogP contribution in [0.15, 0.2) is 0 Å². The molecule has 9 heteroatoms. The summed E-state index contributed by atoms with van der Waals surface area (Å²) in [6.07, 6.45) is 21.5. The van der Waals surface area contributed by atoms with E-state index in [2.05, 4.69) is 6.92 Å². The molecule has 34 heavy (non-hydrogen) atoms. The number of rotatable bonds is 21. The Bertz CT molecular complexity index is 408. The zero-order valence-corrected chi connectivity index (χ0v) is 22.3. The molecule has 0 bridgehead atoms. The Morgan fingerprint density at radius 1 is 0.853 bits per heavy atom. The summed E-state index contributed by atoms with van der Waals surface area (Å²) in [7, 11) is 3.85. The monoisotopic (exact) mass is 493 g/mol. The van der Waals surface area contributed by atoms with Crippen molar-refractivity contribution in [1.29, 1.82) is 0 Å². The number of hydrogen-bond donors (Lipinski definition) is 3. The first kappa shape index (κ1) is 37.1. The van der Waals surface area contributed by atoms with Gasteiger partial charge in [-0.3, -0.25) is 4.79 Å². The summed E-state index contributed by atoms with van der Waals surface area (Å²) in [5, 5.41) is 21.8. The van der Waals surface area contributed by atoms with Crippen LogP contribution in [0.25, 0.3) is 0 Å². The smallest absolute Gasteiger partial charge is 0.305 e. The maximum absolute atomic E-state index is 11.4. The van der Waals surface area contributed by atoms with Gasteiger partial charge >= 0.3 is 5.97 Å². The minimum absolute atomic E-state index is 0.0573. The molecule has 0 amide bonds. The second kappa shape index (κ2) is 33.7. The number of nitrogens with zero attached hydrogens (tertiary/aromatic N) is 2. The SMILES string of the molecule is CCCCCCCCCCCCCCCCCC(=O)OCCCN.CN(C)CCO.O=[N+]([O-])O. The zero-order chi connectivity index (χ0) is 26.3. The lowest BCUT2D eigenvalue weighted by Gasteiger charge is -2.04. The van der Waals surface area contributed by atoms with Gasteiger partial charge in [0.25, 0.3) is 5.09 Å². The van der Waals surface area contributed by atoms with E-state index in [9.17, 15) is 4.79 Å². The first-order valence-corrected chi connectivity index (χ1v) is 13.3. The molecule has 0 atom stereocenters. The molecule has 0 aliphatic heterocycles. The van der Waals surface area contributed by atoms with E-state index in [1.165, 1.54) is 83.5 Å². The number of ether oxygens (including phenoxy) is 1. The van der Waals surface area contributed by atoms with Crippen LogP contribution in [0.1, 0.15) is 116 Å². The van der Waals surface area contributed by atoms with Gasteiger partial charge in [-0.25, -0.2) is 0 Å². The highest BCUT2D eigenvalue weighted by molar-refractivity contribution is 5.69. The van der Waals surface area contributed by atoms with Gasteiger partial charge in [0.1, 0.15) is 0 Å². The fourth-order valence-corrected chi connectivity index (χ4v) is 3.18. The van der Waals surface area contributed by atoms with E-state index >= 15 is 0 Å². The Hall–Kier alpha value is -1.45. The third-order valence-electron chi connectivity index (χ3n) is 5.14. The van der Waals surface area contributed by atoms with Crippen molar-refractivity contribution in [3.8, 4) is 0 Å². The number of hydrogen-bond acceptors (Lipinski definition) is 7. The number of unbranched alkanes of at least 4 members (excludes halogenated alkanes) is 14. The van der Waals surface area contributed by atoms with Crippen LogP contribution in [0.3, 0.4) is 0 Å². The Morgan fingerprint density at radius 3 is 1.53 bits per heavy atom. The molecule has 0 fully saturated rings. The molecule has 9 nitrogen and oxygen atoms in total. The zero-order valence-electron chi connectivity index (χ0n) is 22.3. The Morgan fingerprint density at radius 2 is 1.24 bits per heavy atom. The predicted octanol–water partition coefficient (Wildman–Crippen LogP) is 5.33. The molecular weight excluding hydrogens is 438 g/mol. The minimum Gasteiger partial charge on any atom is -0.466 e. The highest BCUT2D eigenvalue weighted by Crippen LogP contribution is 2.13. The van der Waals surface area contributed by atoms with Gasteiger partial charge in [0.15, 0.2) is 0 Å². The largest absolute Gasteiger partial charge is 0.466 e. The van der Waals surface area contributed by atoms with Crippen molar-refractivity contribution in [3.05, 3.63) is 10.1 Å². The molecule has 0 aromatic carbocycles. The molecule has 0 aliphatic carbocycles. The van der Waals surface area contributed by atoms with Crippen molar-refractivity contribution in [2.45, 2.75) is 116 Å². The van der Waals surface area contributed by atoms with Crippen LogP contribution in [0, 0.1) is 10.1 Å². The van der Waals surface area contributed by atoms with Crippen LogP contribution in [0.4, 0.5) is 0 Å². The molecule has 206 valence electrons. The number of carbonyl (C=O) groups is 1. The van der Waals surface area contributed by atoms with E-state index < -0.39 is 5.09 Å². The van der Waals surface area contributed by atoms with Crippen LogP contribution in [0.5, 0.6) is 0 Å². The van der Waals surface area contributed by atoms with Crippen LogP contribution >= 0.6 is 0 Å². The summed E-state index contributed by atoms with van der Waals surface area (Å²) >= 11 is 0. The van der Waals surface area contributed by atoms with Crippen LogP contribution in [-0.4, -0.2) is 66.7 Å². The third-order valence-corrected chi connectivity index (χ3v) is 5.14. The second-order valence-corrected chi connectivity index (χ2v) is 8.83. The average molecular weight is 494 g/mol. The number of likely N-dealkylation sites (N-methyl/N-ethyl adjacent to an activating group) is 1. The van der Waals surface area contributed by atoms with Gasteiger partial charge in [0.2, 0.25) is 0 Å². The quantitative estimate of drug-likeness (QED) is 0.0843. The summed E-state index contributed by atoms with van der Waals surface area (Å²) in [5.41, 5.74) is 5.36. The van der Waals surface area contributed by atoms with Gasteiger partial charge in [0, 0.05) is 13.0 Å². The second-order valence-electron chi connectivity index (χ2n) is 8.83. The number of carbonyl (C=O) groups excluding carboxylic acids is 1. The molecule has 0 heterocycles. The molecule has 0 saturated heterocycles. The van der Waals surface area contributed by atoms with Crippen LogP contribution in [0.2, 0.25) is 0 Å². The first-order valence-electron chi connectivity index (χ1n) is 13.3. The van der Waals surface area contributed by atoms with Crippen LogP contribution < -0.4 is 5.73 Å². The van der Waals surface area contributed by atoms with Gasteiger partial charge in [-0.1, -0.05) is 96.8 Å². The lowest BCUT2D eigenvalue weighted by Crippen LogP contribution is -2.15. The van der Waals surface area contributed by atoms with Gasteiger partial charge in [-0.05, 0) is 33.5 Å². The molecule has 0 unspecified atom stereocenters. The Balaban J connectivity index is -0.000000799. The van der Waals surface area contributed by atoms with Crippen molar-refractivity contribution < 1.29 is 24.9 Å². The van der Waals surface area contributed by atoms with Gasteiger partial charge in [-0.15, -0.1) is 10.1 Å². The predicted molar refractivity (Wildman–Crippen MR) is 139 cm³/mol. The van der Waals surface area contributed by atoms with Gasteiger partial charge in [0.05, 0.1) is 13.2 Å². The molecule has 0 aromatic rings. The van der Waals surface area contributed by atoms with E-state index in [1.54, 1.807) is 0 Å². The molecule has 0 spiro atoms. The highest BCUT2D eigenvalue weighted by atomic mass is 16.9. The fraction of sp³-hybridized carbons (Fsp3) is 0.960. The molecule has 0 aromatic heterocycles. The normalized spacial score (nSPS) is 10.2. The van der Waals surface area contributed by atoms with Crippen molar-refractivity contribution in [2.24, 2.45) is 5.73 Å². The van der Waals surface area contributed by atoms with E-state index in [-0.39, 0.29) is 12.6 Å². The van der Waals surface area contributed by atoms with E-state index in [1.807, 2.05) is 19.0 Å². The van der Waals surface area contributed by atoms with Crippen LogP contribution in [-0.2, 0) is 9.53 Å². The first-order chi connectivity index (χ1) is 16.3. The summed E-state index contributed by atoms with van der Waals surface area (Å²) in [6.45, 7) is 4.37. The molecule has 0 radical (unpaired) electrons.